The Labute approximate surface area is 132 Å². The van der Waals surface area contributed by atoms with Gasteiger partial charge in [0.25, 0.3) is 5.91 Å². The van der Waals surface area contributed by atoms with Crippen LogP contribution in [-0.2, 0) is 0 Å². The molecular formula is C12H8IN5OS. The summed E-state index contributed by atoms with van der Waals surface area (Å²) in [6.07, 6.45) is 1.51. The number of hydrogen-bond acceptors (Lipinski definition) is 5. The van der Waals surface area contributed by atoms with E-state index >= 15 is 0 Å². The van der Waals surface area contributed by atoms with Gasteiger partial charge in [0.05, 0.1) is 14.1 Å². The van der Waals surface area contributed by atoms with Crippen molar-refractivity contribution in [2.24, 2.45) is 0 Å². The van der Waals surface area contributed by atoms with E-state index in [9.17, 15) is 4.79 Å². The summed E-state index contributed by atoms with van der Waals surface area (Å²) in [5, 5.41) is 15.6. The first-order valence-corrected chi connectivity index (χ1v) is 7.57. The number of carbonyl (C=O) groups excluding carboxylic acids is 1. The molecule has 100 valence electrons. The van der Waals surface area contributed by atoms with E-state index in [1.54, 1.807) is 16.0 Å². The number of hydrogen-bond donors (Lipinski definition) is 1. The summed E-state index contributed by atoms with van der Waals surface area (Å²) in [7, 11) is 0. The summed E-state index contributed by atoms with van der Waals surface area (Å²) in [5.41, 5.74) is 2.23. The third-order valence-electron chi connectivity index (χ3n) is 2.57. The first-order valence-electron chi connectivity index (χ1n) is 5.61. The van der Waals surface area contributed by atoms with Gasteiger partial charge >= 0.3 is 0 Å². The van der Waals surface area contributed by atoms with E-state index in [0.29, 0.717) is 5.56 Å². The molecule has 3 rings (SSSR count). The van der Waals surface area contributed by atoms with Crippen molar-refractivity contribution in [2.75, 3.05) is 5.32 Å². The Kier molecular flexibility index (Phi) is 3.74. The summed E-state index contributed by atoms with van der Waals surface area (Å²) in [6.45, 7) is 0. The van der Waals surface area contributed by atoms with Crippen LogP contribution in [0, 0.1) is 2.88 Å². The Bertz CT molecular complexity index is 723. The Hall–Kier alpha value is -1.81. The molecule has 8 heteroatoms. The highest BCUT2D eigenvalue weighted by Gasteiger charge is 2.08. The molecule has 0 aliphatic heterocycles. The lowest BCUT2D eigenvalue weighted by Gasteiger charge is -2.05. The molecule has 3 aromatic rings. The average molecular weight is 397 g/mol. The van der Waals surface area contributed by atoms with Gasteiger partial charge in [0.1, 0.15) is 6.33 Å². The fourth-order valence-electron chi connectivity index (χ4n) is 1.61. The van der Waals surface area contributed by atoms with Crippen molar-refractivity contribution >= 4 is 45.5 Å². The number of anilines is 1. The van der Waals surface area contributed by atoms with Crippen LogP contribution < -0.4 is 5.32 Å². The Balaban J connectivity index is 1.74. The van der Waals surface area contributed by atoms with E-state index in [2.05, 4.69) is 43.4 Å². The van der Waals surface area contributed by atoms with Gasteiger partial charge in [-0.2, -0.15) is 0 Å². The fourth-order valence-corrected chi connectivity index (χ4v) is 2.94. The number of nitrogens with one attached hydrogen (secondary N) is 1. The molecule has 2 heterocycles. The number of halogens is 1. The quantitative estimate of drug-likeness (QED) is 0.690. The van der Waals surface area contributed by atoms with Gasteiger partial charge in [-0.1, -0.05) is 0 Å². The van der Waals surface area contributed by atoms with Crippen LogP contribution >= 0.6 is 33.9 Å². The maximum Gasteiger partial charge on any atom is 0.256 e. The Morgan fingerprint density at radius 2 is 2.10 bits per heavy atom. The van der Waals surface area contributed by atoms with Crippen molar-refractivity contribution in [3.8, 4) is 5.69 Å². The number of benzene rings is 1. The van der Waals surface area contributed by atoms with Gasteiger partial charge in [-0.25, -0.2) is 4.68 Å². The summed E-state index contributed by atoms with van der Waals surface area (Å²) in [4.78, 5) is 12.0. The van der Waals surface area contributed by atoms with Crippen LogP contribution in [0.3, 0.4) is 0 Å². The van der Waals surface area contributed by atoms with Crippen molar-refractivity contribution in [2.45, 2.75) is 0 Å². The highest BCUT2D eigenvalue weighted by Crippen LogP contribution is 2.18. The van der Waals surface area contributed by atoms with Crippen LogP contribution in [0.15, 0.2) is 42.0 Å². The molecule has 0 aliphatic carbocycles. The SMILES string of the molecule is O=C(Nc1ccc(-n2cnnn2)cc1)c1csc(I)c1. The minimum Gasteiger partial charge on any atom is -0.322 e. The van der Waals surface area contributed by atoms with Gasteiger partial charge in [0.15, 0.2) is 0 Å². The standard InChI is InChI=1S/C12H8IN5OS/c13-11-5-8(6-20-11)12(19)15-9-1-3-10(4-2-9)18-7-14-16-17-18/h1-7H,(H,15,19). The Morgan fingerprint density at radius 3 is 2.70 bits per heavy atom. The maximum atomic E-state index is 12.0. The number of rotatable bonds is 3. The van der Waals surface area contributed by atoms with Crippen LogP contribution in [0.1, 0.15) is 10.4 Å². The number of carbonyl (C=O) groups is 1. The largest absolute Gasteiger partial charge is 0.322 e. The minimum absolute atomic E-state index is 0.112. The highest BCUT2D eigenvalue weighted by atomic mass is 127. The van der Waals surface area contributed by atoms with E-state index in [0.717, 1.165) is 14.3 Å². The first kappa shape index (κ1) is 13.2. The predicted molar refractivity (Wildman–Crippen MR) is 84.1 cm³/mol. The summed E-state index contributed by atoms with van der Waals surface area (Å²) in [6, 6.07) is 9.15. The van der Waals surface area contributed by atoms with Gasteiger partial charge in [-0.15, -0.1) is 16.4 Å². The van der Waals surface area contributed by atoms with Crippen molar-refractivity contribution in [1.82, 2.24) is 20.2 Å². The van der Waals surface area contributed by atoms with E-state index in [1.807, 2.05) is 35.7 Å². The lowest BCUT2D eigenvalue weighted by Crippen LogP contribution is -2.10. The molecule has 0 unspecified atom stereocenters. The zero-order valence-electron chi connectivity index (χ0n) is 10.0. The maximum absolute atomic E-state index is 12.0. The van der Waals surface area contributed by atoms with Crippen molar-refractivity contribution in [3.63, 3.8) is 0 Å². The van der Waals surface area contributed by atoms with Gasteiger partial charge in [-0.05, 0) is 63.3 Å². The van der Waals surface area contributed by atoms with Gasteiger partial charge in [0.2, 0.25) is 0 Å². The third kappa shape index (κ3) is 2.85. The number of aromatic nitrogens is 4. The van der Waals surface area contributed by atoms with Gasteiger partial charge in [0, 0.05) is 11.1 Å². The molecule has 0 saturated carbocycles. The van der Waals surface area contributed by atoms with E-state index < -0.39 is 0 Å². The summed E-state index contributed by atoms with van der Waals surface area (Å²) in [5.74, 6) is -0.112. The topological polar surface area (TPSA) is 72.7 Å². The van der Waals surface area contributed by atoms with Crippen molar-refractivity contribution in [3.05, 3.63) is 50.5 Å². The molecule has 0 atom stereocenters. The third-order valence-corrected chi connectivity index (χ3v) is 4.36. The number of amides is 1. The second-order valence-electron chi connectivity index (χ2n) is 3.89. The molecule has 2 aromatic heterocycles. The molecule has 1 aromatic carbocycles. The minimum atomic E-state index is -0.112. The second-order valence-corrected chi connectivity index (χ2v) is 6.70. The van der Waals surface area contributed by atoms with Gasteiger partial charge < -0.3 is 5.32 Å². The molecule has 0 aliphatic rings. The normalized spacial score (nSPS) is 10.4. The number of tetrazole rings is 1. The number of nitrogens with zero attached hydrogens (tertiary/aromatic N) is 4. The zero-order chi connectivity index (χ0) is 13.9. The fraction of sp³-hybridized carbons (Fsp3) is 0. The summed E-state index contributed by atoms with van der Waals surface area (Å²) < 4.78 is 2.63. The molecule has 6 nitrogen and oxygen atoms in total. The van der Waals surface area contributed by atoms with Crippen molar-refractivity contribution < 1.29 is 4.79 Å². The zero-order valence-corrected chi connectivity index (χ0v) is 13.0. The molecule has 0 spiro atoms. The molecule has 1 N–H and O–H groups in total. The molecule has 1 amide bonds. The van der Waals surface area contributed by atoms with Crippen molar-refractivity contribution in [1.29, 1.82) is 0 Å². The molecule has 0 fully saturated rings. The van der Waals surface area contributed by atoms with Crippen LogP contribution in [-0.4, -0.2) is 26.1 Å². The van der Waals surface area contributed by atoms with Crippen LogP contribution in [0.5, 0.6) is 0 Å². The van der Waals surface area contributed by atoms with Crippen LogP contribution in [0.2, 0.25) is 0 Å². The van der Waals surface area contributed by atoms with E-state index in [-0.39, 0.29) is 5.91 Å². The molecule has 20 heavy (non-hydrogen) atoms. The molecule has 0 bridgehead atoms. The highest BCUT2D eigenvalue weighted by molar-refractivity contribution is 14.1. The monoisotopic (exact) mass is 397 g/mol. The first-order chi connectivity index (χ1) is 9.72. The lowest BCUT2D eigenvalue weighted by molar-refractivity contribution is 0.102. The van der Waals surface area contributed by atoms with Crippen LogP contribution in [0.25, 0.3) is 5.69 Å². The molecular weight excluding hydrogens is 389 g/mol. The van der Waals surface area contributed by atoms with E-state index in [4.69, 9.17) is 0 Å². The lowest BCUT2D eigenvalue weighted by atomic mass is 10.2. The van der Waals surface area contributed by atoms with Crippen LogP contribution in [0.4, 0.5) is 5.69 Å². The smallest absolute Gasteiger partial charge is 0.256 e. The molecule has 0 radical (unpaired) electrons. The predicted octanol–water partition coefficient (Wildman–Crippen LogP) is 2.58. The Morgan fingerprint density at radius 1 is 1.30 bits per heavy atom. The number of thiophene rings is 1. The summed E-state index contributed by atoms with van der Waals surface area (Å²) >= 11 is 3.74. The van der Waals surface area contributed by atoms with Gasteiger partial charge in [-0.3, -0.25) is 4.79 Å². The second kappa shape index (κ2) is 5.67. The molecule has 0 saturated heterocycles. The average Bonchev–Trinajstić information content (AvgIpc) is 3.10. The van der Waals surface area contributed by atoms with E-state index in [1.165, 1.54) is 6.33 Å².